The molecule has 8 nitrogen and oxygen atoms in total. The minimum absolute atomic E-state index is 0.0408. The fraction of sp³-hybridized carbons (Fsp3) is 0.424. The second-order valence-electron chi connectivity index (χ2n) is 10.9. The lowest BCUT2D eigenvalue weighted by atomic mass is 9.83. The van der Waals surface area contributed by atoms with Crippen molar-refractivity contribution >= 4 is 17.6 Å². The molecule has 5 rings (SSSR count). The highest BCUT2D eigenvalue weighted by Crippen LogP contribution is 2.41. The highest BCUT2D eigenvalue weighted by Gasteiger charge is 2.47. The lowest BCUT2D eigenvalue weighted by Crippen LogP contribution is -2.44. The van der Waals surface area contributed by atoms with Crippen LogP contribution in [0.4, 0.5) is 5.69 Å². The van der Waals surface area contributed by atoms with Gasteiger partial charge in [-0.25, -0.2) is 0 Å². The van der Waals surface area contributed by atoms with Crippen molar-refractivity contribution in [2.24, 2.45) is 5.92 Å². The van der Waals surface area contributed by atoms with Crippen LogP contribution in [0.3, 0.4) is 0 Å². The van der Waals surface area contributed by atoms with Crippen molar-refractivity contribution in [3.05, 3.63) is 83.7 Å². The molecule has 1 N–H and O–H groups in total. The Morgan fingerprint density at radius 1 is 1.17 bits per heavy atom. The van der Waals surface area contributed by atoms with Crippen molar-refractivity contribution in [1.82, 2.24) is 9.88 Å². The lowest BCUT2D eigenvalue weighted by molar-refractivity contribution is -0.143. The number of aromatic nitrogens is 1. The lowest BCUT2D eigenvalue weighted by Gasteiger charge is -2.30. The summed E-state index contributed by atoms with van der Waals surface area (Å²) in [6.45, 7) is 3.98. The first-order valence-corrected chi connectivity index (χ1v) is 14.5. The zero-order valence-electron chi connectivity index (χ0n) is 23.9. The number of likely N-dealkylation sites (tertiary alicyclic amines) is 1. The van der Waals surface area contributed by atoms with Crippen LogP contribution >= 0.6 is 0 Å². The average molecular weight is 558 g/mol. The van der Waals surface area contributed by atoms with E-state index >= 15 is 0 Å². The zero-order valence-corrected chi connectivity index (χ0v) is 23.9. The molecule has 1 aromatic heterocycles. The Labute approximate surface area is 241 Å². The van der Waals surface area contributed by atoms with Crippen molar-refractivity contribution < 1.29 is 24.2 Å². The highest BCUT2D eigenvalue weighted by atomic mass is 16.5. The molecule has 8 heteroatoms. The Morgan fingerprint density at radius 2 is 2.02 bits per heavy atom. The van der Waals surface area contributed by atoms with Gasteiger partial charge in [0.2, 0.25) is 5.91 Å². The third-order valence-corrected chi connectivity index (χ3v) is 8.41. The molecule has 0 spiro atoms. The SMILES string of the molecule is CCCCN(C(=O)CN1C[C@H](c2ccc3c(c2)CCO3)[C@@H](C(=O)O)[C@@H]1CCc1ccccc1OC)c1cccnc1. The van der Waals surface area contributed by atoms with Crippen LogP contribution in [0.5, 0.6) is 11.5 Å². The maximum absolute atomic E-state index is 13.9. The second-order valence-corrected chi connectivity index (χ2v) is 10.9. The van der Waals surface area contributed by atoms with Crippen molar-refractivity contribution in [2.45, 2.75) is 51.0 Å². The first-order valence-electron chi connectivity index (χ1n) is 14.5. The molecule has 1 fully saturated rings. The van der Waals surface area contributed by atoms with Crippen LogP contribution in [0.1, 0.15) is 48.8 Å². The van der Waals surface area contributed by atoms with E-state index < -0.39 is 11.9 Å². The largest absolute Gasteiger partial charge is 0.496 e. The van der Waals surface area contributed by atoms with Gasteiger partial charge in [0.25, 0.3) is 0 Å². The average Bonchev–Trinajstić information content (AvgIpc) is 3.61. The summed E-state index contributed by atoms with van der Waals surface area (Å²) in [5.74, 6) is -0.0988. The molecule has 2 aromatic carbocycles. The van der Waals surface area contributed by atoms with E-state index in [1.165, 1.54) is 0 Å². The number of amides is 1. The second kappa shape index (κ2) is 13.2. The number of benzene rings is 2. The fourth-order valence-corrected chi connectivity index (χ4v) is 6.33. The van der Waals surface area contributed by atoms with Gasteiger partial charge in [-0.05, 0) is 60.2 Å². The molecule has 0 unspecified atom stereocenters. The molecule has 3 atom stereocenters. The monoisotopic (exact) mass is 557 g/mol. The number of aryl methyl sites for hydroxylation is 1. The van der Waals surface area contributed by atoms with Gasteiger partial charge < -0.3 is 19.5 Å². The number of ether oxygens (including phenoxy) is 2. The summed E-state index contributed by atoms with van der Waals surface area (Å²) in [6.07, 6.45) is 7.31. The third kappa shape index (κ3) is 6.38. The van der Waals surface area contributed by atoms with E-state index in [1.54, 1.807) is 24.4 Å². The number of methoxy groups -OCH3 is 1. The molecule has 0 aliphatic carbocycles. The number of unbranched alkanes of at least 4 members (excludes halogenated alkanes) is 1. The molecule has 0 radical (unpaired) electrons. The first-order chi connectivity index (χ1) is 20.0. The summed E-state index contributed by atoms with van der Waals surface area (Å²) < 4.78 is 11.3. The van der Waals surface area contributed by atoms with E-state index in [2.05, 4.69) is 22.9 Å². The van der Waals surface area contributed by atoms with E-state index in [-0.39, 0.29) is 24.4 Å². The summed E-state index contributed by atoms with van der Waals surface area (Å²) >= 11 is 0. The number of anilines is 1. The number of pyridine rings is 1. The maximum atomic E-state index is 13.9. The molecule has 3 heterocycles. The van der Waals surface area contributed by atoms with E-state index in [9.17, 15) is 14.7 Å². The molecular formula is C33H39N3O5. The van der Waals surface area contributed by atoms with Gasteiger partial charge in [-0.3, -0.25) is 19.5 Å². The predicted octanol–water partition coefficient (Wildman–Crippen LogP) is 4.96. The molecule has 2 aliphatic heterocycles. The number of para-hydroxylation sites is 1. The smallest absolute Gasteiger partial charge is 0.308 e. The van der Waals surface area contributed by atoms with Gasteiger partial charge >= 0.3 is 5.97 Å². The molecule has 41 heavy (non-hydrogen) atoms. The van der Waals surface area contributed by atoms with Gasteiger partial charge in [-0.1, -0.05) is 43.7 Å². The normalized spacial score (nSPS) is 19.9. The minimum Gasteiger partial charge on any atom is -0.496 e. The first kappa shape index (κ1) is 28.6. The van der Waals surface area contributed by atoms with Crippen LogP contribution in [-0.4, -0.2) is 66.3 Å². The molecule has 2 aliphatic rings. The quantitative estimate of drug-likeness (QED) is 0.337. The van der Waals surface area contributed by atoms with Crippen LogP contribution < -0.4 is 14.4 Å². The number of rotatable bonds is 12. The molecule has 0 saturated carbocycles. The number of aliphatic carboxylic acids is 1. The number of carbonyl (C=O) groups is 2. The molecule has 3 aromatic rings. The van der Waals surface area contributed by atoms with Crippen LogP contribution in [0.15, 0.2) is 67.0 Å². The van der Waals surface area contributed by atoms with E-state index in [0.717, 1.165) is 53.1 Å². The number of carboxylic acids is 1. The molecule has 216 valence electrons. The molecule has 1 saturated heterocycles. The number of carboxylic acid groups (broad SMARTS) is 1. The van der Waals surface area contributed by atoms with Gasteiger partial charge in [0.05, 0.1) is 38.1 Å². The van der Waals surface area contributed by atoms with Crippen LogP contribution in [0.2, 0.25) is 0 Å². The van der Waals surface area contributed by atoms with E-state index in [4.69, 9.17) is 9.47 Å². The van der Waals surface area contributed by atoms with Gasteiger partial charge in [-0.2, -0.15) is 0 Å². The summed E-state index contributed by atoms with van der Waals surface area (Å²) in [7, 11) is 1.65. The Balaban J connectivity index is 1.45. The van der Waals surface area contributed by atoms with Gasteiger partial charge in [0.15, 0.2) is 0 Å². The molecular weight excluding hydrogens is 518 g/mol. The minimum atomic E-state index is -0.832. The Hall–Kier alpha value is -3.91. The Kier molecular flexibility index (Phi) is 9.19. The van der Waals surface area contributed by atoms with Crippen molar-refractivity contribution in [2.75, 3.05) is 38.3 Å². The summed E-state index contributed by atoms with van der Waals surface area (Å²) in [5.41, 5.74) is 3.91. The number of nitrogens with zero attached hydrogens (tertiary/aromatic N) is 3. The van der Waals surface area contributed by atoms with Crippen LogP contribution in [0, 0.1) is 5.92 Å². The standard InChI is InChI=1S/C33H39N3O5/c1-3-4-17-36(26-9-7-16-34-20-26)31(37)22-35-21-27(24-12-14-30-25(19-24)15-18-41-30)32(33(38)39)28(35)13-11-23-8-5-6-10-29(23)40-2/h5-10,12,14,16,19-20,27-28,32H,3-4,11,13,15,17-18,21-22H2,1-2H3,(H,38,39)/t27-,28+,32-/m1/s1. The van der Waals surface area contributed by atoms with E-state index in [1.807, 2.05) is 48.5 Å². The van der Waals surface area contributed by atoms with Crippen molar-refractivity contribution in [3.63, 3.8) is 0 Å². The zero-order chi connectivity index (χ0) is 28.8. The predicted molar refractivity (Wildman–Crippen MR) is 158 cm³/mol. The topological polar surface area (TPSA) is 92.2 Å². The summed E-state index contributed by atoms with van der Waals surface area (Å²) in [4.78, 5) is 34.9. The van der Waals surface area contributed by atoms with Gasteiger partial charge in [-0.15, -0.1) is 0 Å². The van der Waals surface area contributed by atoms with Crippen molar-refractivity contribution in [3.8, 4) is 11.5 Å². The van der Waals surface area contributed by atoms with Crippen molar-refractivity contribution in [1.29, 1.82) is 0 Å². The highest BCUT2D eigenvalue weighted by molar-refractivity contribution is 5.94. The number of hydrogen-bond donors (Lipinski definition) is 1. The Morgan fingerprint density at radius 3 is 2.78 bits per heavy atom. The summed E-state index contributed by atoms with van der Waals surface area (Å²) in [6, 6.07) is 17.3. The van der Waals surface area contributed by atoms with Gasteiger partial charge in [0.1, 0.15) is 11.5 Å². The third-order valence-electron chi connectivity index (χ3n) is 8.41. The summed E-state index contributed by atoms with van der Waals surface area (Å²) in [5, 5.41) is 10.6. The molecule has 0 bridgehead atoms. The maximum Gasteiger partial charge on any atom is 0.308 e. The number of hydrogen-bond acceptors (Lipinski definition) is 6. The number of fused-ring (bicyclic) bond motifs is 1. The van der Waals surface area contributed by atoms with Gasteiger partial charge in [0, 0.05) is 37.7 Å². The molecule has 1 amide bonds. The van der Waals surface area contributed by atoms with Crippen LogP contribution in [-0.2, 0) is 22.4 Å². The Bertz CT molecular complexity index is 1350. The van der Waals surface area contributed by atoms with E-state index in [0.29, 0.717) is 32.5 Å². The number of carbonyl (C=O) groups excluding carboxylic acids is 1. The van der Waals surface area contributed by atoms with Crippen LogP contribution in [0.25, 0.3) is 0 Å². The fourth-order valence-electron chi connectivity index (χ4n) is 6.33.